The highest BCUT2D eigenvalue weighted by atomic mass is 16.6. The number of rotatable bonds is 5. The minimum absolute atomic E-state index is 0.0312. The van der Waals surface area contributed by atoms with Gasteiger partial charge in [0.2, 0.25) is 0 Å². The molecule has 1 rings (SSSR count). The van der Waals surface area contributed by atoms with Gasteiger partial charge < -0.3 is 15.3 Å². The van der Waals surface area contributed by atoms with Crippen LogP contribution in [0.2, 0.25) is 0 Å². The van der Waals surface area contributed by atoms with Crippen LogP contribution in [0.3, 0.4) is 0 Å². The predicted octanol–water partition coefficient (Wildman–Crippen LogP) is 0.848. The Labute approximate surface area is 99.2 Å². The van der Waals surface area contributed by atoms with E-state index in [1.165, 1.54) is 12.1 Å². The van der Waals surface area contributed by atoms with Crippen molar-refractivity contribution >= 4 is 17.3 Å². The molecule has 2 N–H and O–H groups in total. The lowest BCUT2D eigenvalue weighted by atomic mass is 10.3. The largest absolute Gasteiger partial charge is 0.394 e. The summed E-state index contributed by atoms with van der Waals surface area (Å²) in [5.74, 6) is 0.872. The fourth-order valence-electron chi connectivity index (χ4n) is 1.26. The number of hydrogen-bond donors (Lipinski definition) is 2. The third-order valence-corrected chi connectivity index (χ3v) is 2.55. The summed E-state index contributed by atoms with van der Waals surface area (Å²) in [6.45, 7) is 1.76. The number of nitrogens with one attached hydrogen (secondary N) is 1. The van der Waals surface area contributed by atoms with Gasteiger partial charge in [0.15, 0.2) is 0 Å². The SMILES string of the molecule is CNc1cc([N+](=O)[O-])cc(N(C)C(C)CO)n1. The molecule has 1 unspecified atom stereocenters. The van der Waals surface area contributed by atoms with Crippen LogP contribution in [0.1, 0.15) is 6.92 Å². The number of anilines is 2. The minimum atomic E-state index is -0.469. The molecule has 0 radical (unpaired) electrons. The Hall–Kier alpha value is -1.89. The summed E-state index contributed by atoms with van der Waals surface area (Å²) >= 11 is 0. The molecule has 94 valence electrons. The van der Waals surface area contributed by atoms with E-state index in [0.717, 1.165) is 0 Å². The Morgan fingerprint density at radius 1 is 1.65 bits per heavy atom. The van der Waals surface area contributed by atoms with Crippen LogP contribution < -0.4 is 10.2 Å². The van der Waals surface area contributed by atoms with Crippen LogP contribution in [0.4, 0.5) is 17.3 Å². The number of aliphatic hydroxyl groups excluding tert-OH is 1. The first-order chi connectivity index (χ1) is 7.99. The summed E-state index contributed by atoms with van der Waals surface area (Å²) in [7, 11) is 3.37. The van der Waals surface area contributed by atoms with Crippen molar-refractivity contribution in [3.05, 3.63) is 22.2 Å². The number of nitro groups is 1. The van der Waals surface area contributed by atoms with Gasteiger partial charge in [-0.05, 0) is 6.92 Å². The molecule has 0 spiro atoms. The van der Waals surface area contributed by atoms with Crippen LogP contribution in [0, 0.1) is 10.1 Å². The van der Waals surface area contributed by atoms with E-state index in [4.69, 9.17) is 5.11 Å². The molecule has 0 fully saturated rings. The molecule has 0 bridgehead atoms. The second kappa shape index (κ2) is 5.44. The van der Waals surface area contributed by atoms with Crippen molar-refractivity contribution in [3.8, 4) is 0 Å². The Morgan fingerprint density at radius 3 is 2.76 bits per heavy atom. The molecule has 1 heterocycles. The maximum Gasteiger partial charge on any atom is 0.276 e. The number of aliphatic hydroxyl groups is 1. The quantitative estimate of drug-likeness (QED) is 0.585. The van der Waals surface area contributed by atoms with E-state index >= 15 is 0 Å². The average Bonchev–Trinajstić information content (AvgIpc) is 2.36. The van der Waals surface area contributed by atoms with Crippen molar-refractivity contribution in [3.63, 3.8) is 0 Å². The number of aromatic nitrogens is 1. The number of nitrogens with zero attached hydrogens (tertiary/aromatic N) is 3. The highest BCUT2D eigenvalue weighted by molar-refractivity contribution is 5.55. The van der Waals surface area contributed by atoms with Gasteiger partial charge in [0.25, 0.3) is 5.69 Å². The number of hydrogen-bond acceptors (Lipinski definition) is 6. The maximum absolute atomic E-state index is 10.8. The smallest absolute Gasteiger partial charge is 0.276 e. The van der Waals surface area contributed by atoms with E-state index < -0.39 is 4.92 Å². The van der Waals surface area contributed by atoms with Gasteiger partial charge in [-0.3, -0.25) is 10.1 Å². The highest BCUT2D eigenvalue weighted by Gasteiger charge is 2.16. The van der Waals surface area contributed by atoms with Gasteiger partial charge in [-0.1, -0.05) is 0 Å². The zero-order chi connectivity index (χ0) is 13.0. The third-order valence-electron chi connectivity index (χ3n) is 2.55. The molecular formula is C10H16N4O3. The topological polar surface area (TPSA) is 91.5 Å². The second-order valence-electron chi connectivity index (χ2n) is 3.72. The predicted molar refractivity (Wildman–Crippen MR) is 65.4 cm³/mol. The second-order valence-corrected chi connectivity index (χ2v) is 3.72. The normalized spacial score (nSPS) is 12.0. The fraction of sp³-hybridized carbons (Fsp3) is 0.500. The van der Waals surface area contributed by atoms with Crippen LogP contribution in [-0.4, -0.2) is 41.8 Å². The Balaban J connectivity index is 3.14. The molecular weight excluding hydrogens is 224 g/mol. The molecule has 7 heteroatoms. The van der Waals surface area contributed by atoms with Crippen molar-refractivity contribution in [2.24, 2.45) is 0 Å². The molecule has 0 saturated heterocycles. The number of likely N-dealkylation sites (N-methyl/N-ethyl adjacent to an activating group) is 1. The van der Waals surface area contributed by atoms with E-state index in [2.05, 4.69) is 10.3 Å². The summed E-state index contributed by atoms with van der Waals surface area (Å²) < 4.78 is 0. The van der Waals surface area contributed by atoms with Gasteiger partial charge in [0.05, 0.1) is 29.7 Å². The van der Waals surface area contributed by atoms with Gasteiger partial charge in [-0.2, -0.15) is 0 Å². The Morgan fingerprint density at radius 2 is 2.29 bits per heavy atom. The van der Waals surface area contributed by atoms with Gasteiger partial charge in [0, 0.05) is 14.1 Å². The summed E-state index contributed by atoms with van der Waals surface area (Å²) in [5.41, 5.74) is -0.0312. The van der Waals surface area contributed by atoms with E-state index in [1.807, 2.05) is 0 Å². The molecule has 1 atom stereocenters. The summed E-state index contributed by atoms with van der Waals surface area (Å²) in [6, 6.07) is 2.59. The van der Waals surface area contributed by atoms with Crippen molar-refractivity contribution in [2.75, 3.05) is 30.9 Å². The van der Waals surface area contributed by atoms with Gasteiger partial charge in [-0.25, -0.2) is 4.98 Å². The molecule has 7 nitrogen and oxygen atoms in total. The molecule has 1 aromatic rings. The van der Waals surface area contributed by atoms with Crippen molar-refractivity contribution in [2.45, 2.75) is 13.0 Å². The molecule has 0 amide bonds. The van der Waals surface area contributed by atoms with Crippen LogP contribution in [0.15, 0.2) is 12.1 Å². The summed E-state index contributed by atoms with van der Waals surface area (Å²) in [4.78, 5) is 16.2. The first-order valence-corrected chi connectivity index (χ1v) is 5.17. The molecule has 17 heavy (non-hydrogen) atoms. The standard InChI is InChI=1S/C10H16N4O3/c1-7(6-15)13(3)10-5-8(14(16)17)4-9(11-2)12-10/h4-5,7,15H,6H2,1-3H3,(H,11,12). The highest BCUT2D eigenvalue weighted by Crippen LogP contribution is 2.23. The van der Waals surface area contributed by atoms with Crippen molar-refractivity contribution in [1.29, 1.82) is 0 Å². The first kappa shape index (κ1) is 13.2. The Bertz CT molecular complexity index is 411. The van der Waals surface area contributed by atoms with E-state index in [-0.39, 0.29) is 18.3 Å². The van der Waals surface area contributed by atoms with E-state index in [1.54, 1.807) is 25.9 Å². The molecule has 0 aromatic carbocycles. The first-order valence-electron chi connectivity index (χ1n) is 5.17. The molecule has 0 aliphatic carbocycles. The van der Waals surface area contributed by atoms with Crippen LogP contribution in [0.5, 0.6) is 0 Å². The van der Waals surface area contributed by atoms with Crippen molar-refractivity contribution in [1.82, 2.24) is 4.98 Å². The average molecular weight is 240 g/mol. The zero-order valence-corrected chi connectivity index (χ0v) is 10.0. The summed E-state index contributed by atoms with van der Waals surface area (Å²) in [5, 5.41) is 22.6. The zero-order valence-electron chi connectivity index (χ0n) is 10.0. The summed E-state index contributed by atoms with van der Waals surface area (Å²) in [6.07, 6.45) is 0. The lowest BCUT2D eigenvalue weighted by Crippen LogP contribution is -2.32. The van der Waals surface area contributed by atoms with Crippen LogP contribution in [0.25, 0.3) is 0 Å². The fourth-order valence-corrected chi connectivity index (χ4v) is 1.26. The van der Waals surface area contributed by atoms with Crippen molar-refractivity contribution < 1.29 is 10.0 Å². The van der Waals surface area contributed by atoms with Gasteiger partial charge in [-0.15, -0.1) is 0 Å². The Kier molecular flexibility index (Phi) is 4.22. The molecule has 0 saturated carbocycles. The van der Waals surface area contributed by atoms with E-state index in [0.29, 0.717) is 11.6 Å². The monoisotopic (exact) mass is 240 g/mol. The molecule has 0 aliphatic heterocycles. The van der Waals surface area contributed by atoms with Crippen LogP contribution in [-0.2, 0) is 0 Å². The lowest BCUT2D eigenvalue weighted by Gasteiger charge is -2.24. The minimum Gasteiger partial charge on any atom is -0.394 e. The third kappa shape index (κ3) is 3.04. The van der Waals surface area contributed by atoms with Crippen LogP contribution >= 0.6 is 0 Å². The number of pyridine rings is 1. The van der Waals surface area contributed by atoms with Gasteiger partial charge >= 0.3 is 0 Å². The molecule has 0 aliphatic rings. The van der Waals surface area contributed by atoms with E-state index in [9.17, 15) is 10.1 Å². The maximum atomic E-state index is 10.8. The lowest BCUT2D eigenvalue weighted by molar-refractivity contribution is -0.384. The molecule has 1 aromatic heterocycles. The van der Waals surface area contributed by atoms with Gasteiger partial charge in [0.1, 0.15) is 11.6 Å².